The molecule has 0 N–H and O–H groups in total. The molecule has 0 saturated carbocycles. The second-order valence-corrected chi connectivity index (χ2v) is 8.69. The van der Waals surface area contributed by atoms with Crippen LogP contribution in [0.1, 0.15) is 48.4 Å². The van der Waals surface area contributed by atoms with Crippen LogP contribution in [-0.2, 0) is 16.0 Å². The third kappa shape index (κ3) is 4.24. The number of rotatable bonds is 5. The van der Waals surface area contributed by atoms with Gasteiger partial charge >= 0.3 is 0 Å². The number of hydrogen-bond acceptors (Lipinski definition) is 3. The number of carbonyl (C=O) groups excluding carboxylic acids is 2. The summed E-state index contributed by atoms with van der Waals surface area (Å²) in [6.45, 7) is 9.22. The maximum atomic E-state index is 13.3. The molecule has 1 aromatic carbocycles. The van der Waals surface area contributed by atoms with Crippen LogP contribution in [-0.4, -0.2) is 41.2 Å². The molecule has 0 unspecified atom stereocenters. The Morgan fingerprint density at radius 2 is 1.96 bits per heavy atom. The number of aryl methyl sites for hydroxylation is 1. The summed E-state index contributed by atoms with van der Waals surface area (Å²) in [5, 5.41) is 2.12. The molecule has 0 aliphatic carbocycles. The van der Waals surface area contributed by atoms with Crippen LogP contribution in [0.15, 0.2) is 35.7 Å². The summed E-state index contributed by atoms with van der Waals surface area (Å²) in [6, 6.07) is 10.4. The third-order valence-corrected chi connectivity index (χ3v) is 6.12. The van der Waals surface area contributed by atoms with Crippen molar-refractivity contribution in [2.24, 2.45) is 5.92 Å². The molecule has 1 aliphatic heterocycles. The normalized spacial score (nSPS) is 16.3. The van der Waals surface area contributed by atoms with Crippen molar-refractivity contribution in [1.82, 2.24) is 9.80 Å². The standard InChI is InChI=1S/C22H28N2O2S/c1-15(2)13-23(17(4)25)14-21(26)24-11-9-20-19(10-12-27-20)22(24)18-8-6-5-7-16(18)3/h5-8,10,12,15,22H,9,11,13-14H2,1-4H3/t22-/m1/s1. The van der Waals surface area contributed by atoms with Crippen LogP contribution in [0, 0.1) is 12.8 Å². The second kappa shape index (κ2) is 8.26. The first-order chi connectivity index (χ1) is 12.9. The topological polar surface area (TPSA) is 40.6 Å². The summed E-state index contributed by atoms with van der Waals surface area (Å²) in [6.07, 6.45) is 0.880. The highest BCUT2D eigenvalue weighted by Gasteiger charge is 2.34. The van der Waals surface area contributed by atoms with E-state index in [1.165, 1.54) is 21.6 Å². The summed E-state index contributed by atoms with van der Waals surface area (Å²) in [7, 11) is 0. The van der Waals surface area contributed by atoms with Crippen molar-refractivity contribution in [2.75, 3.05) is 19.6 Å². The Morgan fingerprint density at radius 3 is 2.63 bits per heavy atom. The van der Waals surface area contributed by atoms with Gasteiger partial charge in [0.1, 0.15) is 0 Å². The van der Waals surface area contributed by atoms with Gasteiger partial charge < -0.3 is 9.80 Å². The van der Waals surface area contributed by atoms with Crippen LogP contribution in [0.5, 0.6) is 0 Å². The predicted molar refractivity (Wildman–Crippen MR) is 110 cm³/mol. The largest absolute Gasteiger partial charge is 0.333 e. The van der Waals surface area contributed by atoms with Gasteiger partial charge in [0, 0.05) is 24.9 Å². The monoisotopic (exact) mass is 384 g/mol. The zero-order chi connectivity index (χ0) is 19.6. The van der Waals surface area contributed by atoms with Crippen molar-refractivity contribution >= 4 is 23.2 Å². The van der Waals surface area contributed by atoms with Crippen molar-refractivity contribution < 1.29 is 9.59 Å². The molecule has 0 bridgehead atoms. The van der Waals surface area contributed by atoms with Crippen molar-refractivity contribution in [2.45, 2.75) is 40.2 Å². The van der Waals surface area contributed by atoms with Crippen LogP contribution in [0.3, 0.4) is 0 Å². The molecule has 2 amide bonds. The third-order valence-electron chi connectivity index (χ3n) is 5.13. The van der Waals surface area contributed by atoms with Gasteiger partial charge in [-0.25, -0.2) is 0 Å². The number of benzene rings is 1. The highest BCUT2D eigenvalue weighted by molar-refractivity contribution is 7.10. The quantitative estimate of drug-likeness (QED) is 0.781. The molecule has 0 saturated heterocycles. The van der Waals surface area contributed by atoms with E-state index in [1.807, 2.05) is 17.0 Å². The first-order valence-electron chi connectivity index (χ1n) is 9.55. The molecule has 3 rings (SSSR count). The van der Waals surface area contributed by atoms with Crippen LogP contribution >= 0.6 is 11.3 Å². The molecule has 4 nitrogen and oxygen atoms in total. The summed E-state index contributed by atoms with van der Waals surface area (Å²) < 4.78 is 0. The van der Waals surface area contributed by atoms with Crippen LogP contribution in [0.25, 0.3) is 0 Å². The Hall–Kier alpha value is -2.14. The number of nitrogens with zero attached hydrogens (tertiary/aromatic N) is 2. The van der Waals surface area contributed by atoms with E-state index in [0.29, 0.717) is 19.0 Å². The number of thiophene rings is 1. The fraction of sp³-hybridized carbons (Fsp3) is 0.455. The van der Waals surface area contributed by atoms with Crippen LogP contribution < -0.4 is 0 Å². The van der Waals surface area contributed by atoms with E-state index in [9.17, 15) is 9.59 Å². The average Bonchev–Trinajstić information content (AvgIpc) is 3.09. The van der Waals surface area contributed by atoms with E-state index in [-0.39, 0.29) is 24.4 Å². The van der Waals surface area contributed by atoms with Gasteiger partial charge in [-0.3, -0.25) is 9.59 Å². The van der Waals surface area contributed by atoms with Crippen molar-refractivity contribution in [3.63, 3.8) is 0 Å². The van der Waals surface area contributed by atoms with Gasteiger partial charge in [0.15, 0.2) is 0 Å². The molecule has 0 fully saturated rings. The number of fused-ring (bicyclic) bond motifs is 1. The lowest BCUT2D eigenvalue weighted by Crippen LogP contribution is -2.47. The van der Waals surface area contributed by atoms with E-state index >= 15 is 0 Å². The fourth-order valence-corrected chi connectivity index (χ4v) is 4.72. The highest BCUT2D eigenvalue weighted by atomic mass is 32.1. The number of hydrogen-bond donors (Lipinski definition) is 0. The smallest absolute Gasteiger partial charge is 0.242 e. The molecule has 1 aromatic heterocycles. The van der Waals surface area contributed by atoms with Gasteiger partial charge in [0.2, 0.25) is 11.8 Å². The molecule has 5 heteroatoms. The highest BCUT2D eigenvalue weighted by Crippen LogP contribution is 2.38. The van der Waals surface area contributed by atoms with E-state index in [4.69, 9.17) is 0 Å². The summed E-state index contributed by atoms with van der Waals surface area (Å²) >= 11 is 1.77. The minimum atomic E-state index is -0.0680. The SMILES string of the molecule is CC(=O)N(CC(=O)N1CCc2sccc2[C@H]1c1ccccc1C)CC(C)C. The van der Waals surface area contributed by atoms with E-state index in [2.05, 4.69) is 44.4 Å². The van der Waals surface area contributed by atoms with E-state index in [0.717, 1.165) is 6.42 Å². The maximum absolute atomic E-state index is 13.3. The zero-order valence-corrected chi connectivity index (χ0v) is 17.4. The molecule has 0 spiro atoms. The molecule has 0 radical (unpaired) electrons. The number of carbonyl (C=O) groups is 2. The van der Waals surface area contributed by atoms with Gasteiger partial charge in [0.25, 0.3) is 0 Å². The molecule has 2 aromatic rings. The Morgan fingerprint density at radius 1 is 1.22 bits per heavy atom. The van der Waals surface area contributed by atoms with Crippen molar-refractivity contribution in [1.29, 1.82) is 0 Å². The van der Waals surface area contributed by atoms with E-state index < -0.39 is 0 Å². The lowest BCUT2D eigenvalue weighted by atomic mass is 9.90. The summed E-state index contributed by atoms with van der Waals surface area (Å²) in [5.41, 5.74) is 3.58. The minimum Gasteiger partial charge on any atom is -0.333 e. The molecular weight excluding hydrogens is 356 g/mol. The maximum Gasteiger partial charge on any atom is 0.242 e. The first kappa shape index (κ1) is 19.6. The van der Waals surface area contributed by atoms with E-state index in [1.54, 1.807) is 23.2 Å². The van der Waals surface area contributed by atoms with Crippen LogP contribution in [0.2, 0.25) is 0 Å². The van der Waals surface area contributed by atoms with Crippen molar-refractivity contribution in [3.05, 3.63) is 57.3 Å². The van der Waals surface area contributed by atoms with Gasteiger partial charge in [-0.15, -0.1) is 11.3 Å². The number of amides is 2. The van der Waals surface area contributed by atoms with Gasteiger partial charge in [-0.1, -0.05) is 38.1 Å². The molecule has 27 heavy (non-hydrogen) atoms. The molecule has 1 aliphatic rings. The fourth-order valence-electron chi connectivity index (χ4n) is 3.81. The molecule has 144 valence electrons. The van der Waals surface area contributed by atoms with Gasteiger partial charge in [0.05, 0.1) is 12.6 Å². The zero-order valence-electron chi connectivity index (χ0n) is 16.6. The first-order valence-corrected chi connectivity index (χ1v) is 10.4. The van der Waals surface area contributed by atoms with Crippen molar-refractivity contribution in [3.8, 4) is 0 Å². The Labute approximate surface area is 165 Å². The minimum absolute atomic E-state index is 0.0240. The predicted octanol–water partition coefficient (Wildman–Crippen LogP) is 4.04. The summed E-state index contributed by atoms with van der Waals surface area (Å²) in [5.74, 6) is 0.312. The van der Waals surface area contributed by atoms with Crippen LogP contribution in [0.4, 0.5) is 0 Å². The lowest BCUT2D eigenvalue weighted by Gasteiger charge is -2.38. The lowest BCUT2D eigenvalue weighted by molar-refractivity contribution is -0.141. The molecular formula is C22H28N2O2S. The Balaban J connectivity index is 1.92. The van der Waals surface area contributed by atoms with Gasteiger partial charge in [-0.2, -0.15) is 0 Å². The summed E-state index contributed by atoms with van der Waals surface area (Å²) in [4.78, 5) is 30.3. The molecule has 1 atom stereocenters. The Bertz CT molecular complexity index is 827. The Kier molecular flexibility index (Phi) is 6.00. The average molecular weight is 385 g/mol. The molecule has 2 heterocycles. The second-order valence-electron chi connectivity index (χ2n) is 7.69. The van der Waals surface area contributed by atoms with Gasteiger partial charge in [-0.05, 0) is 47.4 Å².